The van der Waals surface area contributed by atoms with E-state index in [0.29, 0.717) is 5.92 Å². The minimum atomic E-state index is -0.467. The molecular weight excluding hydrogens is 242 g/mol. The number of rotatable bonds is 2. The minimum Gasteiger partial charge on any atom is -0.389 e. The second-order valence-electron chi connectivity index (χ2n) is 6.56. The minimum absolute atomic E-state index is 0.0828. The van der Waals surface area contributed by atoms with Gasteiger partial charge in [-0.3, -0.25) is 0 Å². The summed E-state index contributed by atoms with van der Waals surface area (Å²) in [5, 5.41) is 11.0. The lowest BCUT2D eigenvalue weighted by Crippen LogP contribution is -2.53. The molecule has 3 heterocycles. The molecule has 3 saturated heterocycles. The highest BCUT2D eigenvalue weighted by atomic mass is 16.6. The summed E-state index contributed by atoms with van der Waals surface area (Å²) in [5.74, 6) is 0.391. The van der Waals surface area contributed by atoms with Crippen LogP contribution in [0.5, 0.6) is 0 Å². The highest BCUT2D eigenvalue weighted by molar-refractivity contribution is 4.99. The maximum absolute atomic E-state index is 11.0. The van der Waals surface area contributed by atoms with E-state index in [1.165, 1.54) is 0 Å². The van der Waals surface area contributed by atoms with Gasteiger partial charge in [0.15, 0.2) is 0 Å². The van der Waals surface area contributed by atoms with Crippen molar-refractivity contribution in [2.24, 2.45) is 5.92 Å². The van der Waals surface area contributed by atoms with Crippen molar-refractivity contribution >= 4 is 0 Å². The summed E-state index contributed by atoms with van der Waals surface area (Å²) in [4.78, 5) is 2.43. The Hall–Kier alpha value is -0.160. The van der Waals surface area contributed by atoms with E-state index < -0.39 is 5.60 Å². The van der Waals surface area contributed by atoms with Gasteiger partial charge in [0.25, 0.3) is 0 Å². The molecular formula is C15H27NO3. The first kappa shape index (κ1) is 13.8. The fourth-order valence-corrected chi connectivity index (χ4v) is 4.01. The lowest BCUT2D eigenvalue weighted by atomic mass is 9.71. The van der Waals surface area contributed by atoms with E-state index in [-0.39, 0.29) is 5.60 Å². The topological polar surface area (TPSA) is 41.9 Å². The van der Waals surface area contributed by atoms with E-state index in [4.69, 9.17) is 9.47 Å². The molecule has 1 N–H and O–H groups in total. The van der Waals surface area contributed by atoms with Crippen molar-refractivity contribution in [3.63, 3.8) is 0 Å². The van der Waals surface area contributed by atoms with Crippen molar-refractivity contribution in [1.29, 1.82) is 0 Å². The number of hydrogen-bond donors (Lipinski definition) is 1. The molecule has 3 aliphatic rings. The van der Waals surface area contributed by atoms with Crippen molar-refractivity contribution in [3.8, 4) is 0 Å². The molecule has 0 amide bonds. The number of nitrogens with zero attached hydrogens (tertiary/aromatic N) is 1. The van der Waals surface area contributed by atoms with Crippen molar-refractivity contribution in [2.75, 3.05) is 39.5 Å². The summed E-state index contributed by atoms with van der Waals surface area (Å²) in [5.41, 5.74) is -0.550. The van der Waals surface area contributed by atoms with Gasteiger partial charge in [-0.25, -0.2) is 0 Å². The van der Waals surface area contributed by atoms with Crippen molar-refractivity contribution in [1.82, 2.24) is 4.90 Å². The van der Waals surface area contributed by atoms with Gasteiger partial charge in [-0.05, 0) is 38.1 Å². The predicted molar refractivity (Wildman–Crippen MR) is 73.1 cm³/mol. The van der Waals surface area contributed by atoms with E-state index in [2.05, 4.69) is 11.8 Å². The molecule has 0 radical (unpaired) electrons. The normalized spacial score (nSPS) is 39.8. The lowest BCUT2D eigenvalue weighted by Gasteiger charge is -2.48. The third-order valence-electron chi connectivity index (χ3n) is 5.49. The molecule has 0 aromatic rings. The van der Waals surface area contributed by atoms with Gasteiger partial charge in [0, 0.05) is 32.7 Å². The van der Waals surface area contributed by atoms with Gasteiger partial charge in [0.1, 0.15) is 0 Å². The van der Waals surface area contributed by atoms with E-state index in [1.807, 2.05) is 0 Å². The number of ether oxygens (including phenoxy) is 2. The molecule has 4 heteroatoms. The Balaban J connectivity index is 1.64. The van der Waals surface area contributed by atoms with Crippen LogP contribution in [0.2, 0.25) is 0 Å². The lowest BCUT2D eigenvalue weighted by molar-refractivity contribution is -0.155. The third kappa shape index (κ3) is 2.68. The molecule has 19 heavy (non-hydrogen) atoms. The quantitative estimate of drug-likeness (QED) is 0.823. The van der Waals surface area contributed by atoms with Crippen LogP contribution in [-0.4, -0.2) is 60.7 Å². The number of hydrogen-bond acceptors (Lipinski definition) is 4. The van der Waals surface area contributed by atoms with Crippen LogP contribution in [0.25, 0.3) is 0 Å². The van der Waals surface area contributed by atoms with Crippen LogP contribution in [0.1, 0.15) is 39.0 Å². The molecule has 3 fully saturated rings. The zero-order valence-electron chi connectivity index (χ0n) is 12.1. The number of aliphatic hydroxyl groups is 1. The van der Waals surface area contributed by atoms with Crippen molar-refractivity contribution < 1.29 is 14.6 Å². The smallest absolute Gasteiger partial charge is 0.0940 e. The van der Waals surface area contributed by atoms with E-state index in [0.717, 1.165) is 71.6 Å². The van der Waals surface area contributed by atoms with E-state index in [9.17, 15) is 5.11 Å². The fourth-order valence-electron chi connectivity index (χ4n) is 4.01. The summed E-state index contributed by atoms with van der Waals surface area (Å²) in [6, 6.07) is 0. The molecule has 0 bridgehead atoms. The Morgan fingerprint density at radius 2 is 2.00 bits per heavy atom. The number of piperidine rings is 1. The Labute approximate surface area is 116 Å². The van der Waals surface area contributed by atoms with Crippen LogP contribution in [-0.2, 0) is 9.47 Å². The fraction of sp³-hybridized carbons (Fsp3) is 1.00. The summed E-state index contributed by atoms with van der Waals surface area (Å²) in [6.07, 6.45) is 4.82. The molecule has 0 saturated carbocycles. The largest absolute Gasteiger partial charge is 0.389 e. The van der Waals surface area contributed by atoms with Gasteiger partial charge in [-0.1, -0.05) is 6.92 Å². The average Bonchev–Trinajstić information content (AvgIpc) is 2.88. The van der Waals surface area contributed by atoms with Gasteiger partial charge in [-0.15, -0.1) is 0 Å². The molecule has 0 aromatic carbocycles. The van der Waals surface area contributed by atoms with Crippen LogP contribution < -0.4 is 0 Å². The molecule has 2 unspecified atom stereocenters. The van der Waals surface area contributed by atoms with Gasteiger partial charge in [-0.2, -0.15) is 0 Å². The Morgan fingerprint density at radius 3 is 2.63 bits per heavy atom. The molecule has 0 aliphatic carbocycles. The first-order valence-electron chi connectivity index (χ1n) is 7.82. The summed E-state index contributed by atoms with van der Waals surface area (Å²) >= 11 is 0. The molecule has 110 valence electrons. The van der Waals surface area contributed by atoms with Gasteiger partial charge in [0.2, 0.25) is 0 Å². The standard InChI is InChI=1S/C15H27NO3/c1-2-16-7-4-15(17,5-8-16)13-3-9-19-14(11-13)6-10-18-12-14/h13,17H,2-12H2,1H3. The predicted octanol–water partition coefficient (Wildman–Crippen LogP) is 1.42. The van der Waals surface area contributed by atoms with E-state index in [1.54, 1.807) is 0 Å². The Kier molecular flexibility index (Phi) is 3.87. The Bertz CT molecular complexity index is 307. The SMILES string of the molecule is CCN1CCC(O)(C2CCOC3(CCOC3)C2)CC1. The molecule has 3 rings (SSSR count). The first-order valence-corrected chi connectivity index (χ1v) is 7.82. The number of likely N-dealkylation sites (tertiary alicyclic amines) is 1. The van der Waals surface area contributed by atoms with Gasteiger partial charge < -0.3 is 19.5 Å². The highest BCUT2D eigenvalue weighted by Gasteiger charge is 2.48. The zero-order chi connectivity index (χ0) is 13.3. The van der Waals surface area contributed by atoms with Gasteiger partial charge in [0.05, 0.1) is 17.8 Å². The summed E-state index contributed by atoms with van der Waals surface area (Å²) in [6.45, 7) is 7.69. The van der Waals surface area contributed by atoms with Gasteiger partial charge >= 0.3 is 0 Å². The maximum Gasteiger partial charge on any atom is 0.0940 e. The summed E-state index contributed by atoms with van der Waals surface area (Å²) < 4.78 is 11.5. The second kappa shape index (κ2) is 5.32. The molecule has 1 spiro atoms. The maximum atomic E-state index is 11.0. The van der Waals surface area contributed by atoms with Crippen LogP contribution in [0.3, 0.4) is 0 Å². The molecule has 0 aromatic heterocycles. The van der Waals surface area contributed by atoms with Crippen LogP contribution in [0.4, 0.5) is 0 Å². The van der Waals surface area contributed by atoms with Crippen molar-refractivity contribution in [3.05, 3.63) is 0 Å². The van der Waals surface area contributed by atoms with Crippen LogP contribution in [0.15, 0.2) is 0 Å². The molecule has 4 nitrogen and oxygen atoms in total. The second-order valence-corrected chi connectivity index (χ2v) is 6.56. The highest BCUT2D eigenvalue weighted by Crippen LogP contribution is 2.43. The van der Waals surface area contributed by atoms with Crippen LogP contribution in [0, 0.1) is 5.92 Å². The zero-order valence-corrected chi connectivity index (χ0v) is 12.1. The summed E-state index contributed by atoms with van der Waals surface area (Å²) in [7, 11) is 0. The van der Waals surface area contributed by atoms with Crippen molar-refractivity contribution in [2.45, 2.75) is 50.2 Å². The average molecular weight is 269 g/mol. The third-order valence-corrected chi connectivity index (χ3v) is 5.49. The molecule has 2 atom stereocenters. The first-order chi connectivity index (χ1) is 9.16. The van der Waals surface area contributed by atoms with E-state index >= 15 is 0 Å². The Morgan fingerprint density at radius 1 is 1.21 bits per heavy atom. The van der Waals surface area contributed by atoms with Crippen LogP contribution >= 0.6 is 0 Å². The monoisotopic (exact) mass is 269 g/mol. The molecule has 3 aliphatic heterocycles.